The number of nitrogens with zero attached hydrogens (tertiary/aromatic N) is 1. The van der Waals surface area contributed by atoms with E-state index in [1.165, 1.54) is 7.11 Å². The van der Waals surface area contributed by atoms with E-state index in [4.69, 9.17) is 4.74 Å². The Balaban J connectivity index is 2.05. The average molecular weight is 327 g/mol. The maximum Gasteiger partial charge on any atom is 0.339 e. The van der Waals surface area contributed by atoms with Crippen LogP contribution in [-0.4, -0.2) is 24.0 Å². The number of anilines is 3. The Morgan fingerprint density at radius 2 is 1.96 bits per heavy atom. The zero-order chi connectivity index (χ0) is 17.4. The Bertz CT molecular complexity index is 699. The summed E-state index contributed by atoms with van der Waals surface area (Å²) >= 11 is 0. The number of amides is 1. The first-order valence-corrected chi connectivity index (χ1v) is 7.84. The minimum atomic E-state index is -0.419. The average Bonchev–Trinajstić information content (AvgIpc) is 2.61. The summed E-state index contributed by atoms with van der Waals surface area (Å²) in [7, 11) is 1.34. The highest BCUT2D eigenvalue weighted by atomic mass is 16.5. The fraction of sp³-hybridized carbons (Fsp3) is 0.278. The van der Waals surface area contributed by atoms with Gasteiger partial charge in [0.05, 0.1) is 30.2 Å². The number of rotatable bonds is 7. The molecule has 0 fully saturated rings. The van der Waals surface area contributed by atoms with Crippen molar-refractivity contribution < 1.29 is 14.3 Å². The molecule has 2 rings (SSSR count). The second kappa shape index (κ2) is 8.67. The minimum absolute atomic E-state index is 0.0182. The first-order chi connectivity index (χ1) is 11.6. The summed E-state index contributed by atoms with van der Waals surface area (Å²) in [5, 5.41) is 5.88. The topological polar surface area (TPSA) is 80.3 Å². The van der Waals surface area contributed by atoms with Gasteiger partial charge in [-0.25, -0.2) is 9.78 Å². The number of methoxy groups -OCH3 is 1. The lowest BCUT2D eigenvalue weighted by molar-refractivity contribution is -0.116. The summed E-state index contributed by atoms with van der Waals surface area (Å²) in [6.07, 6.45) is 3.92. The van der Waals surface area contributed by atoms with E-state index in [0.29, 0.717) is 29.2 Å². The SMILES string of the molecule is CCCCC(=O)Nc1ccc(Nc2ccccc2C(=O)OC)nc1. The van der Waals surface area contributed by atoms with E-state index < -0.39 is 5.97 Å². The van der Waals surface area contributed by atoms with Crippen LogP contribution >= 0.6 is 0 Å². The van der Waals surface area contributed by atoms with Gasteiger partial charge in [-0.05, 0) is 30.7 Å². The van der Waals surface area contributed by atoms with Crippen molar-refractivity contribution in [3.8, 4) is 0 Å². The number of hydrogen-bond acceptors (Lipinski definition) is 5. The molecule has 0 aliphatic carbocycles. The van der Waals surface area contributed by atoms with Crippen molar-refractivity contribution in [1.82, 2.24) is 4.98 Å². The van der Waals surface area contributed by atoms with E-state index in [1.54, 1.807) is 36.5 Å². The highest BCUT2D eigenvalue weighted by Crippen LogP contribution is 2.21. The van der Waals surface area contributed by atoms with Crippen LogP contribution in [0.4, 0.5) is 17.2 Å². The van der Waals surface area contributed by atoms with Crippen LogP contribution in [0.3, 0.4) is 0 Å². The molecule has 0 atom stereocenters. The number of benzene rings is 1. The fourth-order valence-corrected chi connectivity index (χ4v) is 2.12. The monoisotopic (exact) mass is 327 g/mol. The number of pyridine rings is 1. The highest BCUT2D eigenvalue weighted by molar-refractivity contribution is 5.96. The molecule has 0 bridgehead atoms. The van der Waals surface area contributed by atoms with Crippen molar-refractivity contribution in [2.75, 3.05) is 17.7 Å². The van der Waals surface area contributed by atoms with Crippen LogP contribution < -0.4 is 10.6 Å². The molecule has 2 N–H and O–H groups in total. The Labute approximate surface area is 141 Å². The molecule has 2 aromatic rings. The van der Waals surface area contributed by atoms with Crippen LogP contribution in [0.15, 0.2) is 42.6 Å². The van der Waals surface area contributed by atoms with Crippen molar-refractivity contribution in [3.05, 3.63) is 48.2 Å². The van der Waals surface area contributed by atoms with Gasteiger partial charge in [-0.15, -0.1) is 0 Å². The molecule has 0 unspecified atom stereocenters. The van der Waals surface area contributed by atoms with Crippen LogP contribution in [0.1, 0.15) is 36.5 Å². The van der Waals surface area contributed by atoms with Gasteiger partial charge >= 0.3 is 5.97 Å². The van der Waals surface area contributed by atoms with Crippen LogP contribution in [0, 0.1) is 0 Å². The molecule has 1 heterocycles. The van der Waals surface area contributed by atoms with Gasteiger partial charge < -0.3 is 15.4 Å². The van der Waals surface area contributed by atoms with Gasteiger partial charge in [-0.1, -0.05) is 25.5 Å². The maximum absolute atomic E-state index is 11.8. The maximum atomic E-state index is 11.8. The number of carbonyl (C=O) groups excluding carboxylic acids is 2. The van der Waals surface area contributed by atoms with E-state index in [0.717, 1.165) is 12.8 Å². The number of carbonyl (C=O) groups is 2. The second-order valence-electron chi connectivity index (χ2n) is 5.25. The number of nitrogens with one attached hydrogen (secondary N) is 2. The van der Waals surface area contributed by atoms with Crippen molar-refractivity contribution >= 4 is 29.1 Å². The Hall–Kier alpha value is -2.89. The summed E-state index contributed by atoms with van der Waals surface area (Å²) in [5.41, 5.74) is 1.68. The quantitative estimate of drug-likeness (QED) is 0.757. The molecule has 0 aliphatic rings. The van der Waals surface area contributed by atoms with Crippen LogP contribution in [0.5, 0.6) is 0 Å². The number of esters is 1. The van der Waals surface area contributed by atoms with E-state index in [-0.39, 0.29) is 5.91 Å². The summed E-state index contributed by atoms with van der Waals surface area (Å²) in [4.78, 5) is 27.7. The van der Waals surface area contributed by atoms with E-state index in [9.17, 15) is 9.59 Å². The fourth-order valence-electron chi connectivity index (χ4n) is 2.12. The van der Waals surface area contributed by atoms with Gasteiger partial charge in [0.2, 0.25) is 5.91 Å². The summed E-state index contributed by atoms with van der Waals surface area (Å²) in [5.74, 6) is 0.131. The molecule has 0 saturated heterocycles. The molecule has 1 aromatic heterocycles. The predicted molar refractivity (Wildman–Crippen MR) is 93.5 cm³/mol. The third kappa shape index (κ3) is 4.81. The van der Waals surface area contributed by atoms with Crippen molar-refractivity contribution in [2.24, 2.45) is 0 Å². The largest absolute Gasteiger partial charge is 0.465 e. The smallest absolute Gasteiger partial charge is 0.339 e. The number of hydrogen-bond donors (Lipinski definition) is 2. The molecule has 1 amide bonds. The molecule has 1 aromatic carbocycles. The number of unbranched alkanes of at least 4 members (excludes halogenated alkanes) is 1. The van der Waals surface area contributed by atoms with E-state index in [1.807, 2.05) is 13.0 Å². The normalized spacial score (nSPS) is 10.1. The molecule has 0 radical (unpaired) electrons. The third-order valence-corrected chi connectivity index (χ3v) is 3.40. The highest BCUT2D eigenvalue weighted by Gasteiger charge is 2.11. The van der Waals surface area contributed by atoms with Gasteiger partial charge in [0.15, 0.2) is 0 Å². The molecule has 0 spiro atoms. The molecular weight excluding hydrogens is 306 g/mol. The Kier molecular flexibility index (Phi) is 6.31. The van der Waals surface area contributed by atoms with Crippen LogP contribution in [0.2, 0.25) is 0 Å². The summed E-state index contributed by atoms with van der Waals surface area (Å²) < 4.78 is 4.76. The molecule has 24 heavy (non-hydrogen) atoms. The molecule has 0 saturated carbocycles. The van der Waals surface area contributed by atoms with Crippen molar-refractivity contribution in [2.45, 2.75) is 26.2 Å². The van der Waals surface area contributed by atoms with Gasteiger partial charge in [-0.3, -0.25) is 4.79 Å². The van der Waals surface area contributed by atoms with Gasteiger partial charge in [0, 0.05) is 6.42 Å². The lowest BCUT2D eigenvalue weighted by Gasteiger charge is -2.10. The van der Waals surface area contributed by atoms with Crippen LogP contribution in [-0.2, 0) is 9.53 Å². The van der Waals surface area contributed by atoms with Crippen LogP contribution in [0.25, 0.3) is 0 Å². The summed E-state index contributed by atoms with van der Waals surface area (Å²) in [6.45, 7) is 2.04. The van der Waals surface area contributed by atoms with Gasteiger partial charge in [0.25, 0.3) is 0 Å². The number of para-hydroxylation sites is 1. The third-order valence-electron chi connectivity index (χ3n) is 3.40. The lowest BCUT2D eigenvalue weighted by atomic mass is 10.2. The van der Waals surface area contributed by atoms with E-state index in [2.05, 4.69) is 15.6 Å². The van der Waals surface area contributed by atoms with Crippen molar-refractivity contribution in [3.63, 3.8) is 0 Å². The molecule has 0 aliphatic heterocycles. The number of ether oxygens (including phenoxy) is 1. The zero-order valence-corrected chi connectivity index (χ0v) is 13.8. The second-order valence-corrected chi connectivity index (χ2v) is 5.25. The predicted octanol–water partition coefficient (Wildman–Crippen LogP) is 3.74. The standard InChI is InChI=1S/C18H21N3O3/c1-3-4-9-17(22)20-13-10-11-16(19-12-13)21-15-8-6-5-7-14(15)18(23)24-2/h5-8,10-12H,3-4,9H2,1-2H3,(H,19,21)(H,20,22). The lowest BCUT2D eigenvalue weighted by Crippen LogP contribution is -2.11. The van der Waals surface area contributed by atoms with E-state index >= 15 is 0 Å². The number of aromatic nitrogens is 1. The van der Waals surface area contributed by atoms with Crippen molar-refractivity contribution in [1.29, 1.82) is 0 Å². The first kappa shape index (κ1) is 17.5. The summed E-state index contributed by atoms with van der Waals surface area (Å²) in [6, 6.07) is 10.5. The molecule has 6 nitrogen and oxygen atoms in total. The molecule has 6 heteroatoms. The Morgan fingerprint density at radius 1 is 1.17 bits per heavy atom. The molecule has 126 valence electrons. The zero-order valence-electron chi connectivity index (χ0n) is 13.8. The van der Waals surface area contributed by atoms with Gasteiger partial charge in [-0.2, -0.15) is 0 Å². The Morgan fingerprint density at radius 3 is 2.62 bits per heavy atom. The molecular formula is C18H21N3O3. The van der Waals surface area contributed by atoms with Gasteiger partial charge in [0.1, 0.15) is 5.82 Å². The minimum Gasteiger partial charge on any atom is -0.465 e. The first-order valence-electron chi connectivity index (χ1n) is 7.84.